The Morgan fingerprint density at radius 1 is 1.27 bits per heavy atom. The number of nitrogens with zero attached hydrogens (tertiary/aromatic N) is 5. The fraction of sp³-hybridized carbons (Fsp3) is 0.353. The molecule has 3 heterocycles. The van der Waals surface area contributed by atoms with E-state index < -0.39 is 0 Å². The number of halogens is 1. The topological polar surface area (TPSA) is 98.7 Å². The number of hydrogen-bond acceptors (Lipinski definition) is 6. The first-order valence-electron chi connectivity index (χ1n) is 8.45. The van der Waals surface area contributed by atoms with Crippen molar-refractivity contribution < 1.29 is 13.7 Å². The number of amides is 1. The number of hydrogen-bond donors (Lipinski definition) is 1. The van der Waals surface area contributed by atoms with Crippen LogP contribution in [0.2, 0.25) is 0 Å². The highest BCUT2D eigenvalue weighted by Crippen LogP contribution is 2.17. The Morgan fingerprint density at radius 3 is 2.96 bits per heavy atom. The van der Waals surface area contributed by atoms with Crippen LogP contribution in [-0.2, 0) is 30.7 Å². The van der Waals surface area contributed by atoms with E-state index in [1.807, 2.05) is 4.57 Å². The van der Waals surface area contributed by atoms with Crippen LogP contribution in [0.4, 0.5) is 4.39 Å². The number of aromatic nitrogens is 5. The van der Waals surface area contributed by atoms with Crippen LogP contribution in [0, 0.1) is 5.82 Å². The molecule has 1 aliphatic rings. The van der Waals surface area contributed by atoms with Gasteiger partial charge in [-0.2, -0.15) is 4.98 Å². The summed E-state index contributed by atoms with van der Waals surface area (Å²) in [5.41, 5.74) is 0.659. The van der Waals surface area contributed by atoms with Gasteiger partial charge in [0.05, 0.1) is 6.54 Å². The average molecular weight is 356 g/mol. The van der Waals surface area contributed by atoms with Crippen molar-refractivity contribution in [1.82, 2.24) is 30.2 Å². The molecule has 0 bridgehead atoms. The number of benzene rings is 1. The average Bonchev–Trinajstić information content (AvgIpc) is 3.36. The monoisotopic (exact) mass is 356 g/mol. The van der Waals surface area contributed by atoms with Crippen molar-refractivity contribution >= 4 is 5.91 Å². The zero-order chi connectivity index (χ0) is 17.9. The summed E-state index contributed by atoms with van der Waals surface area (Å²) < 4.78 is 20.1. The summed E-state index contributed by atoms with van der Waals surface area (Å²) in [6.45, 7) is 1.26. The van der Waals surface area contributed by atoms with Gasteiger partial charge in [-0.3, -0.25) is 4.79 Å². The van der Waals surface area contributed by atoms with E-state index in [-0.39, 0.29) is 18.1 Å². The molecule has 0 saturated carbocycles. The molecule has 2 aromatic heterocycles. The summed E-state index contributed by atoms with van der Waals surface area (Å²) in [6.07, 6.45) is 2.57. The van der Waals surface area contributed by atoms with Crippen molar-refractivity contribution in [2.45, 2.75) is 38.8 Å². The highest BCUT2D eigenvalue weighted by atomic mass is 19.1. The summed E-state index contributed by atoms with van der Waals surface area (Å²) in [5, 5.41) is 14.9. The van der Waals surface area contributed by atoms with E-state index in [0.29, 0.717) is 30.2 Å². The van der Waals surface area contributed by atoms with E-state index in [4.69, 9.17) is 4.52 Å². The second-order valence-electron chi connectivity index (χ2n) is 6.08. The molecule has 0 radical (unpaired) electrons. The number of fused-ring (bicyclic) bond motifs is 1. The standard InChI is InChI=1S/C17H17FN6O2/c18-12-5-3-11(4-6-12)17-20-16(26-23-17)8-7-15(25)19-10-14-22-21-13-2-1-9-24(13)14/h3-6H,1-2,7-10H2,(H,19,25). The van der Waals surface area contributed by atoms with E-state index in [9.17, 15) is 9.18 Å². The predicted molar refractivity (Wildman–Crippen MR) is 88.2 cm³/mol. The van der Waals surface area contributed by atoms with Crippen molar-refractivity contribution in [2.75, 3.05) is 0 Å². The highest BCUT2D eigenvalue weighted by molar-refractivity contribution is 5.75. The van der Waals surface area contributed by atoms with Gasteiger partial charge in [-0.1, -0.05) is 5.16 Å². The van der Waals surface area contributed by atoms with Gasteiger partial charge in [0.25, 0.3) is 0 Å². The molecule has 26 heavy (non-hydrogen) atoms. The molecule has 0 atom stereocenters. The quantitative estimate of drug-likeness (QED) is 0.721. The van der Waals surface area contributed by atoms with Crippen LogP contribution in [0.5, 0.6) is 0 Å². The van der Waals surface area contributed by atoms with Crippen LogP contribution in [0.3, 0.4) is 0 Å². The Labute approximate surface area is 148 Å². The Bertz CT molecular complexity index is 918. The van der Waals surface area contributed by atoms with Gasteiger partial charge in [0, 0.05) is 31.4 Å². The number of aryl methyl sites for hydroxylation is 2. The van der Waals surface area contributed by atoms with E-state index >= 15 is 0 Å². The maximum absolute atomic E-state index is 12.9. The minimum absolute atomic E-state index is 0.123. The second-order valence-corrected chi connectivity index (χ2v) is 6.08. The van der Waals surface area contributed by atoms with E-state index in [1.165, 1.54) is 12.1 Å². The van der Waals surface area contributed by atoms with Crippen molar-refractivity contribution in [2.24, 2.45) is 0 Å². The lowest BCUT2D eigenvalue weighted by Gasteiger charge is -2.04. The molecule has 1 aliphatic heterocycles. The lowest BCUT2D eigenvalue weighted by molar-refractivity contribution is -0.121. The minimum Gasteiger partial charge on any atom is -0.349 e. The molecule has 9 heteroatoms. The molecule has 134 valence electrons. The molecule has 1 N–H and O–H groups in total. The molecule has 0 spiro atoms. The molecule has 0 unspecified atom stereocenters. The number of nitrogens with one attached hydrogen (secondary N) is 1. The maximum atomic E-state index is 12.9. The Balaban J connectivity index is 1.28. The first kappa shape index (κ1) is 16.4. The van der Waals surface area contributed by atoms with Gasteiger partial charge in [0.1, 0.15) is 11.6 Å². The molecule has 3 aromatic rings. The molecule has 0 aliphatic carbocycles. The molecule has 8 nitrogen and oxygen atoms in total. The molecule has 1 aromatic carbocycles. The van der Waals surface area contributed by atoms with Gasteiger partial charge in [0.15, 0.2) is 5.82 Å². The number of carbonyl (C=O) groups excluding carboxylic acids is 1. The summed E-state index contributed by atoms with van der Waals surface area (Å²) in [4.78, 5) is 16.3. The van der Waals surface area contributed by atoms with E-state index in [2.05, 4.69) is 25.7 Å². The third kappa shape index (κ3) is 3.46. The number of rotatable bonds is 6. The summed E-state index contributed by atoms with van der Waals surface area (Å²) in [6, 6.07) is 5.82. The van der Waals surface area contributed by atoms with Crippen molar-refractivity contribution in [3.63, 3.8) is 0 Å². The fourth-order valence-electron chi connectivity index (χ4n) is 2.90. The summed E-state index contributed by atoms with van der Waals surface area (Å²) >= 11 is 0. The first-order chi connectivity index (χ1) is 12.7. The van der Waals surface area contributed by atoms with Crippen molar-refractivity contribution in [3.8, 4) is 11.4 Å². The molecule has 0 fully saturated rings. The largest absolute Gasteiger partial charge is 0.349 e. The maximum Gasteiger partial charge on any atom is 0.227 e. The molecule has 0 saturated heterocycles. The molecule has 4 rings (SSSR count). The van der Waals surface area contributed by atoms with Crippen LogP contribution in [-0.4, -0.2) is 30.8 Å². The fourth-order valence-corrected chi connectivity index (χ4v) is 2.90. The molecular weight excluding hydrogens is 339 g/mol. The Morgan fingerprint density at radius 2 is 2.12 bits per heavy atom. The normalized spacial score (nSPS) is 13.0. The van der Waals surface area contributed by atoms with E-state index in [0.717, 1.165) is 31.0 Å². The first-order valence-corrected chi connectivity index (χ1v) is 8.45. The van der Waals surface area contributed by atoms with Gasteiger partial charge < -0.3 is 14.4 Å². The van der Waals surface area contributed by atoms with E-state index in [1.54, 1.807) is 12.1 Å². The van der Waals surface area contributed by atoms with Gasteiger partial charge in [-0.05, 0) is 30.7 Å². The second kappa shape index (κ2) is 7.03. The SMILES string of the molecule is O=C(CCc1nc(-c2ccc(F)cc2)no1)NCc1nnc2n1CCC2. The summed E-state index contributed by atoms with van der Waals surface area (Å²) in [5.74, 6) is 2.05. The van der Waals surface area contributed by atoms with Crippen LogP contribution in [0.1, 0.15) is 30.4 Å². The zero-order valence-electron chi connectivity index (χ0n) is 14.0. The molecule has 1 amide bonds. The van der Waals surface area contributed by atoms with Gasteiger partial charge in [-0.15, -0.1) is 10.2 Å². The smallest absolute Gasteiger partial charge is 0.227 e. The number of carbonyl (C=O) groups is 1. The van der Waals surface area contributed by atoms with Gasteiger partial charge in [0.2, 0.25) is 17.6 Å². The van der Waals surface area contributed by atoms with Crippen LogP contribution in [0.25, 0.3) is 11.4 Å². The van der Waals surface area contributed by atoms with Crippen molar-refractivity contribution in [3.05, 3.63) is 47.6 Å². The van der Waals surface area contributed by atoms with Crippen molar-refractivity contribution in [1.29, 1.82) is 0 Å². The third-order valence-corrected chi connectivity index (χ3v) is 4.27. The lowest BCUT2D eigenvalue weighted by atomic mass is 10.2. The van der Waals surface area contributed by atoms with Crippen LogP contribution < -0.4 is 5.32 Å². The molecular formula is C17H17FN6O2. The zero-order valence-corrected chi connectivity index (χ0v) is 14.0. The summed E-state index contributed by atoms with van der Waals surface area (Å²) in [7, 11) is 0. The Kier molecular flexibility index (Phi) is 4.42. The predicted octanol–water partition coefficient (Wildman–Crippen LogP) is 1.66. The Hall–Kier alpha value is -3.10. The third-order valence-electron chi connectivity index (χ3n) is 4.27. The van der Waals surface area contributed by atoms with Gasteiger partial charge >= 0.3 is 0 Å². The van der Waals surface area contributed by atoms with Gasteiger partial charge in [-0.25, -0.2) is 4.39 Å². The van der Waals surface area contributed by atoms with Crippen LogP contribution in [0.15, 0.2) is 28.8 Å². The highest BCUT2D eigenvalue weighted by Gasteiger charge is 2.17. The minimum atomic E-state index is -0.326. The lowest BCUT2D eigenvalue weighted by Crippen LogP contribution is -2.24. The van der Waals surface area contributed by atoms with Crippen LogP contribution >= 0.6 is 0 Å².